The minimum atomic E-state index is -1.32. The molecule has 86 valence electrons. The molecule has 1 aromatic rings. The fourth-order valence-electron chi connectivity index (χ4n) is 1.57. The molecule has 0 aliphatic carbocycles. The van der Waals surface area contributed by atoms with Gasteiger partial charge in [-0.3, -0.25) is 13.9 Å². The monoisotopic (exact) mass is 225 g/mol. The van der Waals surface area contributed by atoms with Gasteiger partial charge in [0.1, 0.15) is 5.56 Å². The minimum Gasteiger partial charge on any atom is -0.477 e. The van der Waals surface area contributed by atoms with Crippen LogP contribution in [0.1, 0.15) is 16.4 Å². The molecule has 1 aromatic heterocycles. The van der Waals surface area contributed by atoms with Crippen LogP contribution in [0.2, 0.25) is 0 Å². The van der Waals surface area contributed by atoms with E-state index in [1.165, 1.54) is 11.6 Å². The van der Waals surface area contributed by atoms with Crippen LogP contribution >= 0.6 is 0 Å². The van der Waals surface area contributed by atoms with Gasteiger partial charge in [0.25, 0.3) is 5.56 Å². The molecule has 7 nitrogen and oxygen atoms in total. The highest BCUT2D eigenvalue weighted by Gasteiger charge is 2.23. The summed E-state index contributed by atoms with van der Waals surface area (Å²) in [6.45, 7) is 1.22. The summed E-state index contributed by atoms with van der Waals surface area (Å²) in [4.78, 5) is 34.0. The second-order valence-corrected chi connectivity index (χ2v) is 3.71. The zero-order valence-electron chi connectivity index (χ0n) is 8.64. The molecular formula is C9H11N3O4. The van der Waals surface area contributed by atoms with E-state index in [0.717, 1.165) is 10.8 Å². The van der Waals surface area contributed by atoms with Crippen LogP contribution in [-0.2, 0) is 7.05 Å². The van der Waals surface area contributed by atoms with Gasteiger partial charge in [0, 0.05) is 26.3 Å². The minimum absolute atomic E-state index is 0.0719. The molecule has 0 saturated carbocycles. The highest BCUT2D eigenvalue weighted by atomic mass is 16.4. The van der Waals surface area contributed by atoms with Crippen LogP contribution in [0.5, 0.6) is 0 Å². The molecule has 0 amide bonds. The van der Waals surface area contributed by atoms with Crippen molar-refractivity contribution in [1.29, 1.82) is 0 Å². The van der Waals surface area contributed by atoms with Gasteiger partial charge in [-0.15, -0.1) is 0 Å². The van der Waals surface area contributed by atoms with Crippen molar-refractivity contribution in [3.63, 3.8) is 0 Å². The van der Waals surface area contributed by atoms with Gasteiger partial charge in [-0.1, -0.05) is 0 Å². The average molecular weight is 225 g/mol. The van der Waals surface area contributed by atoms with Crippen LogP contribution in [0, 0.1) is 0 Å². The number of hydrogen-bond donors (Lipinski definition) is 2. The van der Waals surface area contributed by atoms with Gasteiger partial charge in [0.05, 0.1) is 6.04 Å². The number of rotatable bonds is 2. The fourth-order valence-corrected chi connectivity index (χ4v) is 1.57. The van der Waals surface area contributed by atoms with Crippen LogP contribution < -0.4 is 16.6 Å². The van der Waals surface area contributed by atoms with Crippen molar-refractivity contribution < 1.29 is 9.90 Å². The summed E-state index contributed by atoms with van der Waals surface area (Å²) in [6.07, 6.45) is 1.12. The standard InChI is InChI=1S/C9H11N3O4/c1-11-7(13)6(8(14)15)4-12(9(11)16)5-2-10-3-5/h4-5,10H,2-3H2,1H3,(H,14,15). The van der Waals surface area contributed by atoms with Gasteiger partial charge in [0.2, 0.25) is 0 Å². The molecule has 0 radical (unpaired) electrons. The Balaban J connectivity index is 2.66. The molecule has 2 rings (SSSR count). The number of aromatic nitrogens is 2. The number of nitrogens with one attached hydrogen (secondary N) is 1. The predicted molar refractivity (Wildman–Crippen MR) is 54.8 cm³/mol. The Hall–Kier alpha value is -1.89. The van der Waals surface area contributed by atoms with Gasteiger partial charge >= 0.3 is 11.7 Å². The molecule has 16 heavy (non-hydrogen) atoms. The molecule has 1 aliphatic rings. The molecular weight excluding hydrogens is 214 g/mol. The van der Waals surface area contributed by atoms with E-state index >= 15 is 0 Å². The molecule has 0 aromatic carbocycles. The van der Waals surface area contributed by atoms with Crippen molar-refractivity contribution in [2.24, 2.45) is 7.05 Å². The molecule has 1 fully saturated rings. The van der Waals surface area contributed by atoms with E-state index < -0.39 is 17.2 Å². The first-order valence-electron chi connectivity index (χ1n) is 4.78. The lowest BCUT2D eigenvalue weighted by Crippen LogP contribution is -2.51. The van der Waals surface area contributed by atoms with Crippen LogP contribution in [0.25, 0.3) is 0 Å². The summed E-state index contributed by atoms with van der Waals surface area (Å²) in [5.74, 6) is -1.32. The molecule has 7 heteroatoms. The zero-order chi connectivity index (χ0) is 11.9. The third-order valence-electron chi connectivity index (χ3n) is 2.69. The highest BCUT2D eigenvalue weighted by Crippen LogP contribution is 2.07. The second-order valence-electron chi connectivity index (χ2n) is 3.71. The van der Waals surface area contributed by atoms with Crippen molar-refractivity contribution in [2.75, 3.05) is 13.1 Å². The second kappa shape index (κ2) is 3.60. The number of aromatic carboxylic acids is 1. The molecule has 2 heterocycles. The largest absolute Gasteiger partial charge is 0.477 e. The Morgan fingerprint density at radius 3 is 2.56 bits per heavy atom. The van der Waals surface area contributed by atoms with Crippen LogP contribution in [0.3, 0.4) is 0 Å². The molecule has 0 spiro atoms. The zero-order valence-corrected chi connectivity index (χ0v) is 8.64. The van der Waals surface area contributed by atoms with Crippen molar-refractivity contribution in [3.05, 3.63) is 32.6 Å². The smallest absolute Gasteiger partial charge is 0.342 e. The molecule has 2 N–H and O–H groups in total. The van der Waals surface area contributed by atoms with Crippen LogP contribution in [0.4, 0.5) is 0 Å². The summed E-state index contributed by atoms with van der Waals surface area (Å²) in [5, 5.41) is 11.8. The summed E-state index contributed by atoms with van der Waals surface area (Å²) >= 11 is 0. The van der Waals surface area contributed by atoms with E-state index in [0.29, 0.717) is 13.1 Å². The van der Waals surface area contributed by atoms with Gasteiger partial charge in [-0.05, 0) is 0 Å². The predicted octanol–water partition coefficient (Wildman–Crippen LogP) is -1.61. The average Bonchev–Trinajstić information content (AvgIpc) is 2.15. The van der Waals surface area contributed by atoms with Crippen LogP contribution in [-0.4, -0.2) is 33.3 Å². The Labute approximate surface area is 89.9 Å². The maximum Gasteiger partial charge on any atom is 0.342 e. The lowest BCUT2D eigenvalue weighted by molar-refractivity contribution is 0.0692. The molecule has 0 bridgehead atoms. The quantitative estimate of drug-likeness (QED) is 0.631. The topological polar surface area (TPSA) is 93.3 Å². The van der Waals surface area contributed by atoms with Gasteiger partial charge in [-0.2, -0.15) is 0 Å². The number of hydrogen-bond acceptors (Lipinski definition) is 4. The Bertz CT molecular complexity index is 553. The Morgan fingerprint density at radius 1 is 1.50 bits per heavy atom. The van der Waals surface area contributed by atoms with Crippen LogP contribution in [0.15, 0.2) is 15.8 Å². The van der Waals surface area contributed by atoms with E-state index in [1.54, 1.807) is 0 Å². The summed E-state index contributed by atoms with van der Waals surface area (Å²) in [6, 6.07) is -0.0719. The molecule has 1 aliphatic heterocycles. The first-order chi connectivity index (χ1) is 7.52. The van der Waals surface area contributed by atoms with Crippen molar-refractivity contribution in [3.8, 4) is 0 Å². The first-order valence-corrected chi connectivity index (χ1v) is 4.78. The summed E-state index contributed by atoms with van der Waals surface area (Å²) < 4.78 is 2.11. The van der Waals surface area contributed by atoms with E-state index in [-0.39, 0.29) is 11.6 Å². The molecule has 1 saturated heterocycles. The van der Waals surface area contributed by atoms with Gasteiger partial charge in [-0.25, -0.2) is 9.59 Å². The van der Waals surface area contributed by atoms with Crippen molar-refractivity contribution in [2.45, 2.75) is 6.04 Å². The lowest BCUT2D eigenvalue weighted by atomic mass is 10.2. The van der Waals surface area contributed by atoms with Crippen molar-refractivity contribution >= 4 is 5.97 Å². The first kappa shape index (κ1) is 10.6. The third kappa shape index (κ3) is 1.45. The lowest BCUT2D eigenvalue weighted by Gasteiger charge is -2.29. The third-order valence-corrected chi connectivity index (χ3v) is 2.69. The molecule has 0 atom stereocenters. The Kier molecular flexibility index (Phi) is 2.39. The van der Waals surface area contributed by atoms with E-state index in [9.17, 15) is 14.4 Å². The van der Waals surface area contributed by atoms with Gasteiger partial charge < -0.3 is 10.4 Å². The SMILES string of the molecule is Cn1c(=O)c(C(=O)O)cn(C2CNC2)c1=O. The van der Waals surface area contributed by atoms with Gasteiger partial charge in [0.15, 0.2) is 0 Å². The summed E-state index contributed by atoms with van der Waals surface area (Å²) in [7, 11) is 1.28. The summed E-state index contributed by atoms with van der Waals surface area (Å²) in [5.41, 5.74) is -1.64. The number of nitrogens with zero attached hydrogens (tertiary/aromatic N) is 2. The maximum atomic E-state index is 11.7. The van der Waals surface area contributed by atoms with E-state index in [2.05, 4.69) is 5.32 Å². The van der Waals surface area contributed by atoms with E-state index in [1.807, 2.05) is 0 Å². The number of carboxylic acid groups (broad SMARTS) is 1. The number of carbonyl (C=O) groups is 1. The maximum absolute atomic E-state index is 11.7. The number of carboxylic acids is 1. The fraction of sp³-hybridized carbons (Fsp3) is 0.444. The highest BCUT2D eigenvalue weighted by molar-refractivity contribution is 5.86. The normalized spacial score (nSPS) is 15.8. The molecule has 0 unspecified atom stereocenters. The van der Waals surface area contributed by atoms with E-state index in [4.69, 9.17) is 5.11 Å². The van der Waals surface area contributed by atoms with Crippen molar-refractivity contribution in [1.82, 2.24) is 14.5 Å². The Morgan fingerprint density at radius 2 is 2.12 bits per heavy atom.